The number of ether oxygens (including phenoxy) is 1. The van der Waals surface area contributed by atoms with Crippen LogP contribution in [0.25, 0.3) is 0 Å². The molecule has 1 N–H and O–H groups in total. The average molecular weight is 320 g/mol. The first-order valence-corrected chi connectivity index (χ1v) is 7.58. The first-order valence-electron chi connectivity index (χ1n) is 7.21. The monoisotopic (exact) mass is 319 g/mol. The average Bonchev–Trinajstić information content (AvgIpc) is 2.49. The molecule has 0 saturated carbocycles. The molecule has 5 nitrogen and oxygen atoms in total. The highest BCUT2D eigenvalue weighted by Crippen LogP contribution is 2.29. The molecule has 0 spiro atoms. The highest BCUT2D eigenvalue weighted by atomic mass is 35.5. The van der Waals surface area contributed by atoms with Gasteiger partial charge in [-0.05, 0) is 25.0 Å². The van der Waals surface area contributed by atoms with Gasteiger partial charge < -0.3 is 9.72 Å². The van der Waals surface area contributed by atoms with Gasteiger partial charge >= 0.3 is 0 Å². The van der Waals surface area contributed by atoms with E-state index in [9.17, 15) is 4.79 Å². The highest BCUT2D eigenvalue weighted by Gasteiger charge is 2.21. The number of aromatic nitrogens is 2. The Morgan fingerprint density at radius 3 is 3.05 bits per heavy atom. The lowest BCUT2D eigenvalue weighted by Gasteiger charge is -2.28. The molecule has 0 unspecified atom stereocenters. The van der Waals surface area contributed by atoms with Gasteiger partial charge in [0, 0.05) is 25.2 Å². The van der Waals surface area contributed by atoms with Gasteiger partial charge in [-0.15, -0.1) is 0 Å². The largest absolute Gasteiger partial charge is 0.495 e. The summed E-state index contributed by atoms with van der Waals surface area (Å²) in [6, 6.07) is 5.78. The SMILES string of the molecule is COc1cccc(CN2CCc3c(nc(C)[nH]c3=O)C2)c1Cl. The predicted molar refractivity (Wildman–Crippen MR) is 85.4 cm³/mol. The fourth-order valence-corrected chi connectivity index (χ4v) is 3.09. The lowest BCUT2D eigenvalue weighted by molar-refractivity contribution is 0.240. The van der Waals surface area contributed by atoms with Gasteiger partial charge in [-0.3, -0.25) is 9.69 Å². The van der Waals surface area contributed by atoms with Gasteiger partial charge in [0.15, 0.2) is 0 Å². The summed E-state index contributed by atoms with van der Waals surface area (Å²) < 4.78 is 5.25. The molecule has 0 radical (unpaired) electrons. The van der Waals surface area contributed by atoms with Crippen LogP contribution in [0.3, 0.4) is 0 Å². The summed E-state index contributed by atoms with van der Waals surface area (Å²) in [5, 5.41) is 0.644. The smallest absolute Gasteiger partial charge is 0.254 e. The van der Waals surface area contributed by atoms with E-state index >= 15 is 0 Å². The molecule has 22 heavy (non-hydrogen) atoms. The van der Waals surface area contributed by atoms with Crippen LogP contribution in [-0.2, 0) is 19.5 Å². The molecule has 6 heteroatoms. The third-order valence-electron chi connectivity index (χ3n) is 3.93. The van der Waals surface area contributed by atoms with E-state index in [2.05, 4.69) is 14.9 Å². The van der Waals surface area contributed by atoms with E-state index in [4.69, 9.17) is 16.3 Å². The quantitative estimate of drug-likeness (QED) is 0.943. The van der Waals surface area contributed by atoms with Crippen molar-refractivity contribution in [3.63, 3.8) is 0 Å². The number of aromatic amines is 1. The van der Waals surface area contributed by atoms with Gasteiger partial charge in [0.25, 0.3) is 5.56 Å². The van der Waals surface area contributed by atoms with Crippen molar-refractivity contribution in [2.45, 2.75) is 26.4 Å². The van der Waals surface area contributed by atoms with Crippen LogP contribution in [0.15, 0.2) is 23.0 Å². The summed E-state index contributed by atoms with van der Waals surface area (Å²) in [4.78, 5) is 21.4. The summed E-state index contributed by atoms with van der Waals surface area (Å²) >= 11 is 6.36. The zero-order valence-electron chi connectivity index (χ0n) is 12.6. The second kappa shape index (κ2) is 6.10. The number of fused-ring (bicyclic) bond motifs is 1. The van der Waals surface area contributed by atoms with E-state index in [0.717, 1.165) is 23.4 Å². The molecule has 2 heterocycles. The molecule has 0 amide bonds. The Morgan fingerprint density at radius 1 is 1.45 bits per heavy atom. The van der Waals surface area contributed by atoms with E-state index < -0.39 is 0 Å². The number of benzene rings is 1. The maximum absolute atomic E-state index is 11.9. The van der Waals surface area contributed by atoms with Gasteiger partial charge in [0.05, 0.1) is 17.8 Å². The minimum atomic E-state index is -0.0124. The molecule has 2 aromatic rings. The summed E-state index contributed by atoms with van der Waals surface area (Å²) in [5.41, 5.74) is 2.68. The van der Waals surface area contributed by atoms with Crippen LogP contribution in [0.2, 0.25) is 5.02 Å². The summed E-state index contributed by atoms with van der Waals surface area (Å²) in [6.07, 6.45) is 0.708. The van der Waals surface area contributed by atoms with Crippen molar-refractivity contribution in [1.82, 2.24) is 14.9 Å². The maximum Gasteiger partial charge on any atom is 0.254 e. The standard InChI is InChI=1S/C16H18ClN3O2/c1-10-18-13-9-20(7-6-12(13)16(21)19-10)8-11-4-3-5-14(22-2)15(11)17/h3-5H,6-9H2,1-2H3,(H,18,19,21). The first-order chi connectivity index (χ1) is 10.6. The van der Waals surface area contributed by atoms with Gasteiger partial charge in [-0.2, -0.15) is 0 Å². The number of aryl methyl sites for hydroxylation is 1. The number of hydrogen-bond acceptors (Lipinski definition) is 4. The highest BCUT2D eigenvalue weighted by molar-refractivity contribution is 6.32. The Hall–Kier alpha value is -1.85. The summed E-state index contributed by atoms with van der Waals surface area (Å²) in [7, 11) is 1.61. The number of rotatable bonds is 3. The van der Waals surface area contributed by atoms with Crippen LogP contribution < -0.4 is 10.3 Å². The van der Waals surface area contributed by atoms with Crippen molar-refractivity contribution in [1.29, 1.82) is 0 Å². The third-order valence-corrected chi connectivity index (χ3v) is 4.36. The number of halogens is 1. The molecule has 0 aliphatic carbocycles. The maximum atomic E-state index is 11.9. The lowest BCUT2D eigenvalue weighted by atomic mass is 10.1. The molecule has 0 bridgehead atoms. The molecule has 0 fully saturated rings. The first kappa shape index (κ1) is 15.1. The Labute approximate surface area is 133 Å². The molecule has 0 saturated heterocycles. The van der Waals surface area contributed by atoms with E-state index in [0.29, 0.717) is 36.1 Å². The number of nitrogens with zero attached hydrogens (tertiary/aromatic N) is 2. The normalized spacial score (nSPS) is 14.7. The van der Waals surface area contributed by atoms with Gasteiger partial charge in [-0.25, -0.2) is 4.98 Å². The summed E-state index contributed by atoms with van der Waals surface area (Å²) in [5.74, 6) is 1.34. The van der Waals surface area contributed by atoms with Crippen LogP contribution in [-0.4, -0.2) is 28.5 Å². The van der Waals surface area contributed by atoms with Gasteiger partial charge in [-0.1, -0.05) is 23.7 Å². The molecule has 116 valence electrons. The second-order valence-corrected chi connectivity index (χ2v) is 5.85. The van der Waals surface area contributed by atoms with Crippen molar-refractivity contribution >= 4 is 11.6 Å². The van der Waals surface area contributed by atoms with Gasteiger partial charge in [0.1, 0.15) is 11.6 Å². The van der Waals surface area contributed by atoms with E-state index in [-0.39, 0.29) is 5.56 Å². The molecular formula is C16H18ClN3O2. The molecule has 1 aromatic carbocycles. The van der Waals surface area contributed by atoms with Crippen LogP contribution in [0.4, 0.5) is 0 Å². The topological polar surface area (TPSA) is 58.2 Å². The predicted octanol–water partition coefficient (Wildman–Crippen LogP) is 2.30. The second-order valence-electron chi connectivity index (χ2n) is 5.47. The number of methoxy groups -OCH3 is 1. The van der Waals surface area contributed by atoms with Crippen LogP contribution >= 0.6 is 11.6 Å². The number of hydrogen-bond donors (Lipinski definition) is 1. The van der Waals surface area contributed by atoms with Gasteiger partial charge in [0.2, 0.25) is 0 Å². The van der Waals surface area contributed by atoms with Crippen molar-refractivity contribution in [2.75, 3.05) is 13.7 Å². The van der Waals surface area contributed by atoms with Crippen LogP contribution in [0, 0.1) is 6.92 Å². The minimum Gasteiger partial charge on any atom is -0.495 e. The number of H-pyrrole nitrogens is 1. The van der Waals surface area contributed by atoms with E-state index in [1.807, 2.05) is 18.2 Å². The third kappa shape index (κ3) is 2.87. The number of nitrogens with one attached hydrogen (secondary N) is 1. The Kier molecular flexibility index (Phi) is 4.18. The van der Waals surface area contributed by atoms with E-state index in [1.54, 1.807) is 14.0 Å². The van der Waals surface area contributed by atoms with Crippen molar-refractivity contribution in [3.8, 4) is 5.75 Å². The fraction of sp³-hybridized carbons (Fsp3) is 0.375. The lowest BCUT2D eigenvalue weighted by Crippen LogP contribution is -2.35. The molecule has 1 aliphatic heterocycles. The van der Waals surface area contributed by atoms with E-state index in [1.165, 1.54) is 0 Å². The zero-order valence-corrected chi connectivity index (χ0v) is 13.4. The minimum absolute atomic E-state index is 0.0124. The van der Waals surface area contributed by atoms with Crippen LogP contribution in [0.1, 0.15) is 22.6 Å². The Bertz CT molecular complexity index is 758. The van der Waals surface area contributed by atoms with Crippen LogP contribution in [0.5, 0.6) is 5.75 Å². The zero-order chi connectivity index (χ0) is 15.7. The molecule has 1 aromatic heterocycles. The van der Waals surface area contributed by atoms with Crippen molar-refractivity contribution in [2.24, 2.45) is 0 Å². The molecule has 1 aliphatic rings. The molecule has 3 rings (SSSR count). The molecular weight excluding hydrogens is 302 g/mol. The Balaban J connectivity index is 1.83. The van der Waals surface area contributed by atoms with Crippen molar-refractivity contribution in [3.05, 3.63) is 56.2 Å². The summed E-state index contributed by atoms with van der Waals surface area (Å²) in [6.45, 7) is 3.99. The molecule has 0 atom stereocenters. The Morgan fingerprint density at radius 2 is 2.27 bits per heavy atom. The fourth-order valence-electron chi connectivity index (χ4n) is 2.83. The van der Waals surface area contributed by atoms with Crippen molar-refractivity contribution < 1.29 is 4.74 Å².